The van der Waals surface area contributed by atoms with Gasteiger partial charge in [0.15, 0.2) is 0 Å². The minimum absolute atomic E-state index is 0.00810. The number of morpholine rings is 2. The summed E-state index contributed by atoms with van der Waals surface area (Å²) in [7, 11) is 0. The zero-order valence-electron chi connectivity index (χ0n) is 11.3. The maximum absolute atomic E-state index is 8.64. The normalized spacial score (nSPS) is 36.7. The maximum Gasteiger partial charge on any atom is 0.0933 e. The lowest BCUT2D eigenvalue weighted by atomic mass is 10.3. The Labute approximate surface area is 109 Å². The Bertz CT molecular complexity index is 196. The Morgan fingerprint density at radius 2 is 1.22 bits per heavy atom. The third-order valence-corrected chi connectivity index (χ3v) is 2.86. The van der Waals surface area contributed by atoms with Crippen molar-refractivity contribution in [1.82, 2.24) is 10.6 Å². The minimum Gasteiger partial charge on any atom is -0.394 e. The van der Waals surface area contributed by atoms with E-state index in [1.165, 1.54) is 0 Å². The van der Waals surface area contributed by atoms with Crippen molar-refractivity contribution in [3.63, 3.8) is 0 Å². The lowest BCUT2D eigenvalue weighted by Crippen LogP contribution is -2.44. The molecule has 2 fully saturated rings. The summed E-state index contributed by atoms with van der Waals surface area (Å²) in [5, 5.41) is 23.6. The standard InChI is InChI=1S/2C6H13NO2/c2*1-5-2-7-3-6(4-8)9-5/h2*5-8H,2-4H2,1H3/t5-,6+;5-,6-/m00/s1. The lowest BCUT2D eigenvalue weighted by Gasteiger charge is -2.27. The van der Waals surface area contributed by atoms with E-state index in [9.17, 15) is 0 Å². The number of hydrogen-bond acceptors (Lipinski definition) is 6. The van der Waals surface area contributed by atoms with Crippen molar-refractivity contribution in [3.8, 4) is 0 Å². The van der Waals surface area contributed by atoms with Gasteiger partial charge in [-0.1, -0.05) is 0 Å². The van der Waals surface area contributed by atoms with Crippen LogP contribution in [0.15, 0.2) is 0 Å². The third-order valence-electron chi connectivity index (χ3n) is 2.86. The first-order valence-corrected chi connectivity index (χ1v) is 6.59. The predicted octanol–water partition coefficient (Wildman–Crippen LogP) is -1.29. The summed E-state index contributed by atoms with van der Waals surface area (Å²) in [4.78, 5) is 0. The molecule has 0 aliphatic carbocycles. The number of hydrogen-bond donors (Lipinski definition) is 4. The molecular formula is C12H26N2O4. The van der Waals surface area contributed by atoms with Gasteiger partial charge in [0.1, 0.15) is 0 Å². The topological polar surface area (TPSA) is 83.0 Å². The van der Waals surface area contributed by atoms with E-state index in [-0.39, 0.29) is 37.6 Å². The molecule has 2 aliphatic heterocycles. The molecule has 0 saturated carbocycles. The van der Waals surface area contributed by atoms with E-state index in [2.05, 4.69) is 10.6 Å². The lowest BCUT2D eigenvalue weighted by molar-refractivity contribution is -0.0519. The van der Waals surface area contributed by atoms with Crippen LogP contribution in [0.4, 0.5) is 0 Å². The summed E-state index contributed by atoms with van der Waals surface area (Å²) >= 11 is 0. The number of aliphatic hydroxyl groups excluding tert-OH is 2. The summed E-state index contributed by atoms with van der Waals surface area (Å²) in [6.07, 6.45) is 0.509. The molecule has 2 heterocycles. The van der Waals surface area contributed by atoms with E-state index in [4.69, 9.17) is 19.7 Å². The average Bonchev–Trinajstić information content (AvgIpc) is 2.39. The van der Waals surface area contributed by atoms with Gasteiger partial charge in [-0.05, 0) is 13.8 Å². The first-order chi connectivity index (χ1) is 8.65. The van der Waals surface area contributed by atoms with Crippen molar-refractivity contribution < 1.29 is 19.7 Å². The monoisotopic (exact) mass is 262 g/mol. The second kappa shape index (κ2) is 8.79. The Morgan fingerprint density at radius 1 is 0.833 bits per heavy atom. The highest BCUT2D eigenvalue weighted by Gasteiger charge is 2.17. The summed E-state index contributed by atoms with van der Waals surface area (Å²) in [5.74, 6) is 0. The van der Waals surface area contributed by atoms with Crippen molar-refractivity contribution in [2.24, 2.45) is 0 Å². The molecule has 2 aliphatic rings. The summed E-state index contributed by atoms with van der Waals surface area (Å²) in [6.45, 7) is 7.59. The van der Waals surface area contributed by atoms with E-state index in [0.29, 0.717) is 0 Å². The van der Waals surface area contributed by atoms with Crippen LogP contribution in [-0.4, -0.2) is 74.0 Å². The third kappa shape index (κ3) is 6.08. The van der Waals surface area contributed by atoms with Crippen molar-refractivity contribution in [2.45, 2.75) is 38.3 Å². The van der Waals surface area contributed by atoms with Gasteiger partial charge in [-0.3, -0.25) is 0 Å². The molecule has 18 heavy (non-hydrogen) atoms. The van der Waals surface area contributed by atoms with E-state index in [0.717, 1.165) is 26.2 Å². The van der Waals surface area contributed by atoms with Crippen molar-refractivity contribution >= 4 is 0 Å². The Morgan fingerprint density at radius 3 is 1.44 bits per heavy atom. The van der Waals surface area contributed by atoms with Gasteiger partial charge in [0.05, 0.1) is 37.6 Å². The Kier molecular flexibility index (Phi) is 7.73. The van der Waals surface area contributed by atoms with Gasteiger partial charge in [-0.2, -0.15) is 0 Å². The van der Waals surface area contributed by atoms with Gasteiger partial charge in [-0.25, -0.2) is 0 Å². The SMILES string of the molecule is C[C@H]1CNC[C@@H](CO)O1.C[C@H]1CNC[C@H](CO)O1. The van der Waals surface area contributed by atoms with Crippen molar-refractivity contribution in [3.05, 3.63) is 0 Å². The van der Waals surface area contributed by atoms with E-state index >= 15 is 0 Å². The molecule has 0 aromatic carbocycles. The molecule has 0 amide bonds. The van der Waals surface area contributed by atoms with Crippen LogP contribution in [0.25, 0.3) is 0 Å². The number of ether oxygens (including phenoxy) is 2. The molecule has 0 aromatic rings. The van der Waals surface area contributed by atoms with E-state index in [1.54, 1.807) is 0 Å². The fourth-order valence-corrected chi connectivity index (χ4v) is 1.96. The molecule has 2 rings (SSSR count). The van der Waals surface area contributed by atoms with Crippen LogP contribution >= 0.6 is 0 Å². The largest absolute Gasteiger partial charge is 0.394 e. The molecule has 6 heteroatoms. The molecule has 0 bridgehead atoms. The van der Waals surface area contributed by atoms with Gasteiger partial charge in [-0.15, -0.1) is 0 Å². The number of aliphatic hydroxyl groups is 2. The summed E-state index contributed by atoms with van der Waals surface area (Å²) in [5.41, 5.74) is 0. The van der Waals surface area contributed by atoms with E-state index < -0.39 is 0 Å². The first-order valence-electron chi connectivity index (χ1n) is 6.59. The van der Waals surface area contributed by atoms with Gasteiger partial charge in [0.25, 0.3) is 0 Å². The Balaban J connectivity index is 0.000000180. The zero-order valence-corrected chi connectivity index (χ0v) is 11.3. The van der Waals surface area contributed by atoms with Crippen LogP contribution in [0.3, 0.4) is 0 Å². The van der Waals surface area contributed by atoms with Gasteiger partial charge < -0.3 is 30.3 Å². The molecule has 6 nitrogen and oxygen atoms in total. The first kappa shape index (κ1) is 15.8. The van der Waals surface area contributed by atoms with Crippen LogP contribution < -0.4 is 10.6 Å². The molecule has 108 valence electrons. The van der Waals surface area contributed by atoms with Crippen LogP contribution in [-0.2, 0) is 9.47 Å². The van der Waals surface area contributed by atoms with Gasteiger partial charge in [0, 0.05) is 26.2 Å². The van der Waals surface area contributed by atoms with Crippen LogP contribution in [0.5, 0.6) is 0 Å². The predicted molar refractivity (Wildman–Crippen MR) is 68.6 cm³/mol. The maximum atomic E-state index is 8.64. The van der Waals surface area contributed by atoms with Crippen molar-refractivity contribution in [2.75, 3.05) is 39.4 Å². The second-order valence-electron chi connectivity index (χ2n) is 4.82. The van der Waals surface area contributed by atoms with Crippen LogP contribution in [0, 0.1) is 0 Å². The molecule has 2 saturated heterocycles. The molecule has 4 atom stereocenters. The molecule has 4 N–H and O–H groups in total. The average molecular weight is 262 g/mol. The number of nitrogens with one attached hydrogen (secondary N) is 2. The molecule has 0 unspecified atom stereocenters. The van der Waals surface area contributed by atoms with Crippen LogP contribution in [0.2, 0.25) is 0 Å². The van der Waals surface area contributed by atoms with Gasteiger partial charge in [0.2, 0.25) is 0 Å². The van der Waals surface area contributed by atoms with Crippen LogP contribution in [0.1, 0.15) is 13.8 Å². The van der Waals surface area contributed by atoms with Crippen molar-refractivity contribution in [1.29, 1.82) is 0 Å². The molecule has 0 radical (unpaired) electrons. The minimum atomic E-state index is 0.00810. The van der Waals surface area contributed by atoms with Gasteiger partial charge >= 0.3 is 0 Å². The highest BCUT2D eigenvalue weighted by Crippen LogP contribution is 2.01. The number of rotatable bonds is 2. The molecule has 0 aromatic heterocycles. The molecule has 0 spiro atoms. The zero-order chi connectivity index (χ0) is 13.4. The summed E-state index contributed by atoms with van der Waals surface area (Å²) in [6, 6.07) is 0. The highest BCUT2D eigenvalue weighted by molar-refractivity contribution is 4.70. The second-order valence-corrected chi connectivity index (χ2v) is 4.82. The molecular weight excluding hydrogens is 236 g/mol. The quantitative estimate of drug-likeness (QED) is 0.496. The summed E-state index contributed by atoms with van der Waals surface area (Å²) < 4.78 is 10.6. The fraction of sp³-hybridized carbons (Fsp3) is 1.00. The highest BCUT2D eigenvalue weighted by atomic mass is 16.5. The smallest absolute Gasteiger partial charge is 0.0933 e. The Hall–Kier alpha value is -0.240. The fourth-order valence-electron chi connectivity index (χ4n) is 1.96. The van der Waals surface area contributed by atoms with E-state index in [1.807, 2.05) is 13.8 Å².